The number of carbonyl (C=O) groups excluding carboxylic acids is 2. The van der Waals surface area contributed by atoms with Crippen LogP contribution < -0.4 is 11.1 Å². The number of hydrogen-bond donors (Lipinski definition) is 5. The van der Waals surface area contributed by atoms with Crippen LogP contribution in [0.15, 0.2) is 24.3 Å². The summed E-state index contributed by atoms with van der Waals surface area (Å²) < 4.78 is 0. The van der Waals surface area contributed by atoms with Crippen LogP contribution in [0.25, 0.3) is 0 Å². The third kappa shape index (κ3) is 4.89. The molecule has 1 heterocycles. The fraction of sp³-hybridized carbons (Fsp3) is 0.471. The highest BCUT2D eigenvalue weighted by molar-refractivity contribution is 7.80. The van der Waals surface area contributed by atoms with Crippen molar-refractivity contribution in [1.29, 1.82) is 0 Å². The number of nitrogens with one attached hydrogen (secondary N) is 1. The van der Waals surface area contributed by atoms with Crippen molar-refractivity contribution in [1.82, 2.24) is 10.2 Å². The Balaban J connectivity index is 2.20. The molecule has 3 unspecified atom stereocenters. The van der Waals surface area contributed by atoms with E-state index in [4.69, 9.17) is 5.73 Å². The molecule has 0 aromatic heterocycles. The van der Waals surface area contributed by atoms with Crippen molar-refractivity contribution in [3.05, 3.63) is 29.8 Å². The largest absolute Gasteiger partial charge is 0.508 e. The summed E-state index contributed by atoms with van der Waals surface area (Å²) in [7, 11) is 0. The molecule has 1 aromatic rings. The van der Waals surface area contributed by atoms with Gasteiger partial charge in [0.15, 0.2) is 0 Å². The number of benzene rings is 1. The Labute approximate surface area is 156 Å². The van der Waals surface area contributed by atoms with Crippen molar-refractivity contribution < 1.29 is 24.6 Å². The zero-order valence-electron chi connectivity index (χ0n) is 14.2. The van der Waals surface area contributed by atoms with E-state index in [0.717, 1.165) is 0 Å². The Kier molecular flexibility index (Phi) is 6.87. The topological polar surface area (TPSA) is 133 Å². The standard InChI is InChI=1S/C17H23N3O5S/c18-12(9-26)15(22)19-13(8-10-3-5-11(21)6-4-10)16(23)20-7-1-2-14(20)17(24)25/h3-6,12-14,21,26H,1-2,7-9,18H2,(H,19,22)(H,24,25). The molecule has 5 N–H and O–H groups in total. The second-order valence-electron chi connectivity index (χ2n) is 6.25. The Morgan fingerprint density at radius 2 is 1.96 bits per heavy atom. The third-order valence-electron chi connectivity index (χ3n) is 4.35. The molecule has 3 atom stereocenters. The first-order chi connectivity index (χ1) is 12.3. The highest BCUT2D eigenvalue weighted by Gasteiger charge is 2.37. The smallest absolute Gasteiger partial charge is 0.326 e. The van der Waals surface area contributed by atoms with Gasteiger partial charge in [0.05, 0.1) is 6.04 Å². The number of carboxylic acids is 1. The van der Waals surface area contributed by atoms with E-state index in [-0.39, 0.29) is 17.9 Å². The molecular formula is C17H23N3O5S. The van der Waals surface area contributed by atoms with Gasteiger partial charge in [-0.25, -0.2) is 4.79 Å². The van der Waals surface area contributed by atoms with Gasteiger partial charge in [-0.2, -0.15) is 12.6 Å². The minimum Gasteiger partial charge on any atom is -0.508 e. The first-order valence-electron chi connectivity index (χ1n) is 8.31. The summed E-state index contributed by atoms with van der Waals surface area (Å²) in [5, 5.41) is 21.3. The molecule has 2 amide bonds. The van der Waals surface area contributed by atoms with Crippen molar-refractivity contribution in [3.63, 3.8) is 0 Å². The van der Waals surface area contributed by atoms with Gasteiger partial charge < -0.3 is 26.2 Å². The molecule has 0 aliphatic carbocycles. The lowest BCUT2D eigenvalue weighted by Crippen LogP contribution is -2.55. The number of aliphatic carboxylic acids is 1. The predicted octanol–water partition coefficient (Wildman–Crippen LogP) is -0.248. The average molecular weight is 381 g/mol. The zero-order chi connectivity index (χ0) is 19.3. The van der Waals surface area contributed by atoms with E-state index in [2.05, 4.69) is 17.9 Å². The number of nitrogens with two attached hydrogens (primary N) is 1. The predicted molar refractivity (Wildman–Crippen MR) is 97.9 cm³/mol. The van der Waals surface area contributed by atoms with E-state index in [9.17, 15) is 24.6 Å². The number of carbonyl (C=O) groups is 3. The molecule has 0 saturated carbocycles. The normalized spacial score (nSPS) is 19.0. The van der Waals surface area contributed by atoms with E-state index in [0.29, 0.717) is 24.9 Å². The molecule has 1 aliphatic rings. The number of carboxylic acid groups (broad SMARTS) is 1. The van der Waals surface area contributed by atoms with Crippen LogP contribution >= 0.6 is 12.6 Å². The Hall–Kier alpha value is -2.26. The molecule has 1 aliphatic heterocycles. The van der Waals surface area contributed by atoms with Crippen LogP contribution in [0.3, 0.4) is 0 Å². The summed E-state index contributed by atoms with van der Waals surface area (Å²) >= 11 is 3.98. The molecule has 8 nitrogen and oxygen atoms in total. The Bertz CT molecular complexity index is 667. The highest BCUT2D eigenvalue weighted by Crippen LogP contribution is 2.20. The van der Waals surface area contributed by atoms with Crippen molar-refractivity contribution in [2.24, 2.45) is 5.73 Å². The van der Waals surface area contributed by atoms with Crippen LogP contribution in [-0.2, 0) is 20.8 Å². The Morgan fingerprint density at radius 3 is 2.54 bits per heavy atom. The first kappa shape index (κ1) is 20.1. The maximum absolute atomic E-state index is 12.9. The van der Waals surface area contributed by atoms with Crippen molar-refractivity contribution in [2.75, 3.05) is 12.3 Å². The van der Waals surface area contributed by atoms with Crippen molar-refractivity contribution in [2.45, 2.75) is 37.4 Å². The van der Waals surface area contributed by atoms with Gasteiger partial charge in [-0.05, 0) is 30.5 Å². The lowest BCUT2D eigenvalue weighted by Gasteiger charge is -2.28. The van der Waals surface area contributed by atoms with Crippen LogP contribution in [0, 0.1) is 0 Å². The molecular weight excluding hydrogens is 358 g/mol. The molecule has 0 spiro atoms. The molecule has 0 bridgehead atoms. The number of phenols is 1. The quantitative estimate of drug-likeness (QED) is 0.414. The van der Waals surface area contributed by atoms with E-state index >= 15 is 0 Å². The Morgan fingerprint density at radius 1 is 1.31 bits per heavy atom. The van der Waals surface area contributed by atoms with Gasteiger partial charge in [0.1, 0.15) is 17.8 Å². The number of amides is 2. The molecule has 26 heavy (non-hydrogen) atoms. The minimum atomic E-state index is -1.06. The lowest BCUT2D eigenvalue weighted by atomic mass is 10.0. The number of hydrogen-bond acceptors (Lipinski definition) is 6. The summed E-state index contributed by atoms with van der Waals surface area (Å²) in [5.74, 6) is -1.83. The minimum absolute atomic E-state index is 0.0863. The lowest BCUT2D eigenvalue weighted by molar-refractivity contribution is -0.149. The number of thiol groups is 1. The van der Waals surface area contributed by atoms with E-state index in [1.807, 2.05) is 0 Å². The maximum Gasteiger partial charge on any atom is 0.326 e. The van der Waals surface area contributed by atoms with E-state index in [1.54, 1.807) is 12.1 Å². The molecule has 9 heteroatoms. The summed E-state index contributed by atoms with van der Waals surface area (Å²) in [5.41, 5.74) is 6.38. The second kappa shape index (κ2) is 8.91. The van der Waals surface area contributed by atoms with E-state index in [1.165, 1.54) is 17.0 Å². The number of nitrogens with zero attached hydrogens (tertiary/aromatic N) is 1. The first-order valence-corrected chi connectivity index (χ1v) is 8.94. The summed E-state index contributed by atoms with van der Waals surface area (Å²) in [6.45, 7) is 0.330. The summed E-state index contributed by atoms with van der Waals surface area (Å²) in [4.78, 5) is 37.7. The third-order valence-corrected chi connectivity index (χ3v) is 4.74. The summed E-state index contributed by atoms with van der Waals surface area (Å²) in [6, 6.07) is 3.53. The fourth-order valence-corrected chi connectivity index (χ4v) is 3.08. The molecule has 1 saturated heterocycles. The molecule has 1 fully saturated rings. The molecule has 1 aromatic carbocycles. The fourth-order valence-electron chi connectivity index (χ4n) is 2.92. The molecule has 0 radical (unpaired) electrons. The average Bonchev–Trinajstić information content (AvgIpc) is 3.11. The number of likely N-dealkylation sites (tertiary alicyclic amines) is 1. The van der Waals surface area contributed by atoms with Gasteiger partial charge in [0, 0.05) is 18.7 Å². The second-order valence-corrected chi connectivity index (χ2v) is 6.61. The van der Waals surface area contributed by atoms with Gasteiger partial charge in [0.2, 0.25) is 11.8 Å². The van der Waals surface area contributed by atoms with Gasteiger partial charge in [0.25, 0.3) is 0 Å². The number of aromatic hydroxyl groups is 1. The van der Waals surface area contributed by atoms with Crippen LogP contribution in [0.2, 0.25) is 0 Å². The SMILES string of the molecule is NC(CS)C(=O)NC(Cc1ccc(O)cc1)C(=O)N1CCCC1C(=O)O. The van der Waals surface area contributed by atoms with Crippen molar-refractivity contribution in [3.8, 4) is 5.75 Å². The number of rotatable bonds is 7. The highest BCUT2D eigenvalue weighted by atomic mass is 32.1. The van der Waals surface area contributed by atoms with Gasteiger partial charge in [-0.1, -0.05) is 12.1 Å². The summed E-state index contributed by atoms with van der Waals surface area (Å²) in [6.07, 6.45) is 1.14. The molecule has 142 valence electrons. The van der Waals surface area contributed by atoms with Crippen LogP contribution in [0.1, 0.15) is 18.4 Å². The number of phenolic OH excluding ortho intramolecular Hbond substituents is 1. The van der Waals surface area contributed by atoms with Gasteiger partial charge >= 0.3 is 5.97 Å². The monoisotopic (exact) mass is 381 g/mol. The van der Waals surface area contributed by atoms with Crippen molar-refractivity contribution >= 4 is 30.4 Å². The van der Waals surface area contributed by atoms with E-state index < -0.39 is 35.9 Å². The van der Waals surface area contributed by atoms with Crippen LogP contribution in [0.5, 0.6) is 5.75 Å². The van der Waals surface area contributed by atoms with Crippen LogP contribution in [0.4, 0.5) is 0 Å². The van der Waals surface area contributed by atoms with Crippen LogP contribution in [-0.4, -0.2) is 63.3 Å². The maximum atomic E-state index is 12.9. The zero-order valence-corrected chi connectivity index (χ0v) is 15.1. The van der Waals surface area contributed by atoms with Gasteiger partial charge in [-0.15, -0.1) is 0 Å². The molecule has 2 rings (SSSR count). The van der Waals surface area contributed by atoms with Gasteiger partial charge in [-0.3, -0.25) is 9.59 Å².